The minimum absolute atomic E-state index is 0.0355. The second-order valence-electron chi connectivity index (χ2n) is 7.42. The van der Waals surface area contributed by atoms with Crippen molar-refractivity contribution in [2.75, 3.05) is 18.5 Å². The average molecular weight is 523 g/mol. The largest absolute Gasteiger partial charge is 0.488 e. The van der Waals surface area contributed by atoms with Crippen LogP contribution in [-0.4, -0.2) is 39.1 Å². The molecule has 0 unspecified atom stereocenters. The Hall–Kier alpha value is -3.62. The fourth-order valence-corrected chi connectivity index (χ4v) is 3.88. The maximum atomic E-state index is 13.4. The normalized spacial score (nSPS) is 13.7. The summed E-state index contributed by atoms with van der Waals surface area (Å²) < 4.78 is 80.3. The first-order valence-electron chi connectivity index (χ1n) is 10.2. The molecule has 0 aliphatic carbocycles. The molecule has 0 bridgehead atoms. The number of amides is 1. The smallest absolute Gasteiger partial charge is 0.310 e. The van der Waals surface area contributed by atoms with Gasteiger partial charge in [-0.2, -0.15) is 4.52 Å². The molecule has 9 nitrogen and oxygen atoms in total. The summed E-state index contributed by atoms with van der Waals surface area (Å²) in [6.07, 6.45) is 1.33. The van der Waals surface area contributed by atoms with Crippen LogP contribution in [-0.2, 0) is 11.3 Å². The Morgan fingerprint density at radius 1 is 1.06 bits per heavy atom. The van der Waals surface area contributed by atoms with Crippen molar-refractivity contribution in [1.29, 1.82) is 5.41 Å². The third kappa shape index (κ3) is 5.90. The number of imidazole rings is 1. The molecule has 2 heterocycles. The number of halogens is 5. The third-order valence-electron chi connectivity index (χ3n) is 4.58. The highest BCUT2D eigenvalue weighted by molar-refractivity contribution is 8.45. The molecule has 0 spiro atoms. The van der Waals surface area contributed by atoms with E-state index >= 15 is 0 Å². The highest BCUT2D eigenvalue weighted by atomic mass is 32.5. The summed E-state index contributed by atoms with van der Waals surface area (Å²) in [6.45, 7) is 4.31. The molecule has 0 fully saturated rings. The summed E-state index contributed by atoms with van der Waals surface area (Å²) in [5.41, 5.74) is -1.36. The van der Waals surface area contributed by atoms with Crippen molar-refractivity contribution in [3.63, 3.8) is 0 Å². The van der Waals surface area contributed by atoms with Crippen molar-refractivity contribution < 1.29 is 38.5 Å². The van der Waals surface area contributed by atoms with E-state index in [0.29, 0.717) is 12.1 Å². The minimum atomic E-state index is -10.2. The van der Waals surface area contributed by atoms with Gasteiger partial charge in [-0.05, 0) is 32.0 Å². The Balaban J connectivity index is 2.06. The van der Waals surface area contributed by atoms with Crippen molar-refractivity contribution >= 4 is 33.1 Å². The number of carbonyl (C=O) groups excluding carboxylic acids is 2. The lowest BCUT2D eigenvalue weighted by atomic mass is 10.1. The standard InChI is InChI=1S/C20H22F5N5O4S/c1-4-33-18-9-15-10-29(20(26)30(15)28-19(18)34-5-2)11-17(32)13-6-14(27-12(3)31)8-16(7-13)35(21,22,23,24)25/h6-10,26H,4-5,11H2,1-3H3,(H,27,31). The molecule has 3 rings (SSSR count). The first-order valence-corrected chi connectivity index (χ1v) is 12.1. The predicted molar refractivity (Wildman–Crippen MR) is 118 cm³/mol. The molecule has 2 aromatic heterocycles. The molecule has 2 N–H and O–H groups in total. The first-order chi connectivity index (χ1) is 16.0. The topological polar surface area (TPSA) is 111 Å². The molecule has 35 heavy (non-hydrogen) atoms. The summed E-state index contributed by atoms with van der Waals surface area (Å²) in [5, 5.41) is 14.4. The number of rotatable bonds is 9. The number of nitrogens with zero attached hydrogens (tertiary/aromatic N) is 3. The zero-order valence-electron chi connectivity index (χ0n) is 18.8. The van der Waals surface area contributed by atoms with Crippen LogP contribution in [0.1, 0.15) is 31.1 Å². The van der Waals surface area contributed by atoms with E-state index < -0.39 is 44.6 Å². The van der Waals surface area contributed by atoms with Gasteiger partial charge in [0.1, 0.15) is 4.90 Å². The van der Waals surface area contributed by atoms with Gasteiger partial charge in [-0.3, -0.25) is 15.0 Å². The van der Waals surface area contributed by atoms with Crippen LogP contribution in [0.25, 0.3) is 5.52 Å². The maximum absolute atomic E-state index is 13.4. The van der Waals surface area contributed by atoms with Crippen LogP contribution in [0.2, 0.25) is 0 Å². The number of ether oxygens (including phenoxy) is 2. The fraction of sp³-hybridized carbons (Fsp3) is 0.300. The van der Waals surface area contributed by atoms with Gasteiger partial charge in [-0.25, -0.2) is 0 Å². The van der Waals surface area contributed by atoms with Crippen LogP contribution in [0.4, 0.5) is 25.1 Å². The number of Topliss-reactive ketones (excluding diaryl/α,β-unsaturated/α-hetero) is 1. The van der Waals surface area contributed by atoms with E-state index in [-0.39, 0.29) is 36.0 Å². The van der Waals surface area contributed by atoms with E-state index in [0.717, 1.165) is 22.1 Å². The van der Waals surface area contributed by atoms with Crippen LogP contribution < -0.4 is 20.4 Å². The van der Waals surface area contributed by atoms with Crippen molar-refractivity contribution in [3.8, 4) is 11.6 Å². The molecule has 1 aromatic carbocycles. The summed E-state index contributed by atoms with van der Waals surface area (Å²) in [6, 6.07) is 2.47. The number of anilines is 1. The minimum Gasteiger partial charge on any atom is -0.488 e. The third-order valence-corrected chi connectivity index (χ3v) is 5.70. The average Bonchev–Trinajstić information content (AvgIpc) is 3.01. The number of hydrogen-bond donors (Lipinski definition) is 2. The molecule has 0 aliphatic heterocycles. The van der Waals surface area contributed by atoms with Crippen LogP contribution in [0, 0.1) is 5.41 Å². The highest BCUT2D eigenvalue weighted by Crippen LogP contribution is 3.02. The second-order valence-corrected chi connectivity index (χ2v) is 9.83. The van der Waals surface area contributed by atoms with E-state index in [9.17, 15) is 29.0 Å². The van der Waals surface area contributed by atoms with Crippen molar-refractivity contribution in [2.24, 2.45) is 0 Å². The molecule has 0 saturated carbocycles. The van der Waals surface area contributed by atoms with Gasteiger partial charge in [0.25, 0.3) is 5.88 Å². The van der Waals surface area contributed by atoms with Gasteiger partial charge in [0.15, 0.2) is 11.5 Å². The molecule has 0 radical (unpaired) electrons. The number of carbonyl (C=O) groups is 2. The van der Waals surface area contributed by atoms with E-state index in [1.165, 1.54) is 12.3 Å². The van der Waals surface area contributed by atoms with E-state index in [1.807, 2.05) is 5.32 Å². The highest BCUT2D eigenvalue weighted by Gasteiger charge is 2.65. The van der Waals surface area contributed by atoms with E-state index in [2.05, 4.69) is 5.10 Å². The van der Waals surface area contributed by atoms with Crippen LogP contribution in [0.3, 0.4) is 0 Å². The van der Waals surface area contributed by atoms with Crippen molar-refractivity contribution in [3.05, 3.63) is 41.6 Å². The Morgan fingerprint density at radius 3 is 2.29 bits per heavy atom. The number of fused-ring (bicyclic) bond motifs is 1. The molecule has 15 heteroatoms. The molecule has 1 amide bonds. The zero-order chi connectivity index (χ0) is 26.2. The Bertz CT molecular complexity index is 1390. The zero-order valence-corrected chi connectivity index (χ0v) is 19.6. The lowest BCUT2D eigenvalue weighted by Crippen LogP contribution is -2.25. The summed E-state index contributed by atoms with van der Waals surface area (Å²) in [7, 11) is -10.2. The molecule has 0 aliphatic rings. The lowest BCUT2D eigenvalue weighted by molar-refractivity contribution is -0.114. The van der Waals surface area contributed by atoms with Gasteiger partial charge in [-0.1, -0.05) is 19.4 Å². The molecule has 0 saturated heterocycles. The predicted octanol–water partition coefficient (Wildman–Crippen LogP) is 4.91. The second kappa shape index (κ2) is 8.25. The van der Waals surface area contributed by atoms with Crippen LogP contribution >= 0.6 is 10.2 Å². The SMILES string of the molecule is CCOc1cc2cn(CC(=O)c3cc(NC(C)=O)cc(S(F)(F)(F)(F)F)c3)c(=N)n2nc1OCC. The fourth-order valence-electron chi connectivity index (χ4n) is 3.18. The summed E-state index contributed by atoms with van der Waals surface area (Å²) >= 11 is 0. The van der Waals surface area contributed by atoms with Gasteiger partial charge in [0, 0.05) is 30.4 Å². The van der Waals surface area contributed by atoms with Gasteiger partial charge < -0.3 is 19.4 Å². The van der Waals surface area contributed by atoms with E-state index in [4.69, 9.17) is 14.9 Å². The summed E-state index contributed by atoms with van der Waals surface area (Å²) in [5.74, 6) is -1.45. The van der Waals surface area contributed by atoms with Crippen LogP contribution in [0.15, 0.2) is 35.4 Å². The number of nitrogens with one attached hydrogen (secondary N) is 2. The van der Waals surface area contributed by atoms with Gasteiger partial charge in [0.2, 0.25) is 11.5 Å². The van der Waals surface area contributed by atoms with Crippen LogP contribution in [0.5, 0.6) is 11.6 Å². The molecule has 0 atom stereocenters. The lowest BCUT2D eigenvalue weighted by Gasteiger charge is -2.40. The monoisotopic (exact) mass is 523 g/mol. The number of hydrogen-bond acceptors (Lipinski definition) is 6. The van der Waals surface area contributed by atoms with Gasteiger partial charge in [-0.15, -0.1) is 5.10 Å². The quantitative estimate of drug-likeness (QED) is 0.306. The first kappa shape index (κ1) is 26.0. The number of ketones is 1. The Labute approximate surface area is 195 Å². The molecule has 192 valence electrons. The molecule has 3 aromatic rings. The Morgan fingerprint density at radius 2 is 1.71 bits per heavy atom. The summed E-state index contributed by atoms with van der Waals surface area (Å²) in [4.78, 5) is 21.8. The number of benzene rings is 1. The van der Waals surface area contributed by atoms with Gasteiger partial charge >= 0.3 is 10.2 Å². The van der Waals surface area contributed by atoms with E-state index in [1.54, 1.807) is 13.8 Å². The Kier molecular flexibility index (Phi) is 6.13. The van der Waals surface area contributed by atoms with Crippen molar-refractivity contribution in [1.82, 2.24) is 14.2 Å². The van der Waals surface area contributed by atoms with Crippen molar-refractivity contribution in [2.45, 2.75) is 32.2 Å². The van der Waals surface area contributed by atoms with Gasteiger partial charge in [0.05, 0.1) is 25.3 Å². The molecular weight excluding hydrogens is 501 g/mol. The maximum Gasteiger partial charge on any atom is 0.310 e. The number of aromatic nitrogens is 3. The molecular formula is C20H22F5N5O4S.